The number of fused-ring (bicyclic) bond motifs is 1. The lowest BCUT2D eigenvalue weighted by Crippen LogP contribution is -2.29. The molecular weight excluding hydrogens is 340 g/mol. The van der Waals surface area contributed by atoms with Gasteiger partial charge >= 0.3 is 0 Å². The highest BCUT2D eigenvalue weighted by atomic mass is 32.2. The van der Waals surface area contributed by atoms with Crippen LogP contribution in [0.3, 0.4) is 0 Å². The average molecular weight is 356 g/mol. The number of oxazole rings is 1. The number of anilines is 1. The molecule has 3 heterocycles. The van der Waals surface area contributed by atoms with Gasteiger partial charge in [-0.3, -0.25) is 14.2 Å². The molecule has 7 nitrogen and oxygen atoms in total. The van der Waals surface area contributed by atoms with Crippen molar-refractivity contribution in [1.29, 1.82) is 0 Å². The third-order valence-electron chi connectivity index (χ3n) is 3.96. The van der Waals surface area contributed by atoms with Crippen molar-refractivity contribution < 1.29 is 10.6 Å². The van der Waals surface area contributed by atoms with Crippen molar-refractivity contribution in [1.82, 2.24) is 14.5 Å². The highest BCUT2D eigenvalue weighted by Gasteiger charge is 2.20. The van der Waals surface area contributed by atoms with Gasteiger partial charge in [-0.15, -0.1) is 0 Å². The van der Waals surface area contributed by atoms with Crippen molar-refractivity contribution in [2.24, 2.45) is 0 Å². The predicted octanol–water partition coefficient (Wildman–Crippen LogP) is 2.81. The second-order valence-electron chi connectivity index (χ2n) is 5.58. The molecule has 4 rings (SSSR count). The van der Waals surface area contributed by atoms with E-state index in [0.717, 1.165) is 16.9 Å². The lowest BCUT2D eigenvalue weighted by atomic mass is 10.1. The van der Waals surface area contributed by atoms with E-state index in [1.165, 1.54) is 28.8 Å². The van der Waals surface area contributed by atoms with Crippen molar-refractivity contribution in [3.8, 4) is 11.5 Å². The first-order chi connectivity index (χ1) is 12.1. The van der Waals surface area contributed by atoms with Crippen LogP contribution in [0, 0.1) is 6.92 Å². The molecule has 0 bridgehead atoms. The second kappa shape index (κ2) is 6.21. The minimum atomic E-state index is -0.480. The minimum absolute atomic E-state index is 0. The van der Waals surface area contributed by atoms with Gasteiger partial charge in [0, 0.05) is 31.2 Å². The molecule has 0 saturated carbocycles. The van der Waals surface area contributed by atoms with Gasteiger partial charge in [-0.05, 0) is 24.6 Å². The molecule has 1 aromatic carbocycles. The number of hydrogen-bond donors (Lipinski definition) is 1. The Morgan fingerprint density at radius 3 is 3.08 bits per heavy atom. The number of aryl methyl sites for hydroxylation is 1. The molecule has 1 N–H and O–H groups in total. The highest BCUT2D eigenvalue weighted by molar-refractivity contribution is 7.99. The molecule has 25 heavy (non-hydrogen) atoms. The number of rotatable bonds is 3. The highest BCUT2D eigenvalue weighted by Crippen LogP contribution is 2.25. The summed E-state index contributed by atoms with van der Waals surface area (Å²) in [5.41, 5.74) is 2.03. The normalized spacial score (nSPS) is 12.8. The standard InChI is InChI=1S/C17H14N4O3S.H2/c1-10-2-3-11(8-12(10)15-18-4-6-24-15)20-14(22)13-9-19-17-21(16(13)23)5-7-25-17;/h2-4,6,8-9H,5,7H2,1H3,(H,20,22);1H. The molecule has 2 aromatic heterocycles. The smallest absolute Gasteiger partial charge is 0.267 e. The Balaban J connectivity index is 0.00000196. The summed E-state index contributed by atoms with van der Waals surface area (Å²) in [5.74, 6) is 0.793. The zero-order valence-electron chi connectivity index (χ0n) is 13.4. The van der Waals surface area contributed by atoms with E-state index < -0.39 is 5.91 Å². The van der Waals surface area contributed by atoms with E-state index in [4.69, 9.17) is 4.42 Å². The fraction of sp³-hybridized carbons (Fsp3) is 0.176. The van der Waals surface area contributed by atoms with Crippen LogP contribution in [0.15, 0.2) is 51.2 Å². The SMILES string of the molecule is Cc1ccc(NC(=O)c2cnc3n(c2=O)CCS3)cc1-c1ncco1.[HH]. The van der Waals surface area contributed by atoms with E-state index in [9.17, 15) is 9.59 Å². The summed E-state index contributed by atoms with van der Waals surface area (Å²) in [7, 11) is 0. The molecule has 128 valence electrons. The summed E-state index contributed by atoms with van der Waals surface area (Å²) < 4.78 is 6.86. The first kappa shape index (κ1) is 15.6. The van der Waals surface area contributed by atoms with Gasteiger partial charge in [0.25, 0.3) is 11.5 Å². The predicted molar refractivity (Wildman–Crippen MR) is 96.0 cm³/mol. The lowest BCUT2D eigenvalue weighted by Gasteiger charge is -2.09. The van der Waals surface area contributed by atoms with Crippen molar-refractivity contribution in [3.05, 3.63) is 58.3 Å². The summed E-state index contributed by atoms with van der Waals surface area (Å²) in [4.78, 5) is 33.3. The van der Waals surface area contributed by atoms with Crippen LogP contribution >= 0.6 is 11.8 Å². The quantitative estimate of drug-likeness (QED) is 0.726. The molecule has 0 aliphatic carbocycles. The number of nitrogens with zero attached hydrogens (tertiary/aromatic N) is 3. The maximum Gasteiger partial charge on any atom is 0.267 e. The summed E-state index contributed by atoms with van der Waals surface area (Å²) in [6.45, 7) is 2.51. The van der Waals surface area contributed by atoms with Crippen molar-refractivity contribution in [3.63, 3.8) is 0 Å². The van der Waals surface area contributed by atoms with Crippen LogP contribution in [-0.4, -0.2) is 26.2 Å². The maximum absolute atomic E-state index is 12.5. The number of hydrogen-bond acceptors (Lipinski definition) is 6. The Morgan fingerprint density at radius 2 is 2.28 bits per heavy atom. The van der Waals surface area contributed by atoms with Crippen molar-refractivity contribution in [2.75, 3.05) is 11.1 Å². The molecule has 0 unspecified atom stereocenters. The number of thioether (sulfide) groups is 1. The first-order valence-corrected chi connectivity index (χ1v) is 8.66. The van der Waals surface area contributed by atoms with Gasteiger partial charge in [-0.1, -0.05) is 17.8 Å². The van der Waals surface area contributed by atoms with Gasteiger partial charge in [0.2, 0.25) is 5.89 Å². The monoisotopic (exact) mass is 356 g/mol. The van der Waals surface area contributed by atoms with Crippen LogP contribution in [0.4, 0.5) is 5.69 Å². The van der Waals surface area contributed by atoms with Crippen LogP contribution in [0.5, 0.6) is 0 Å². The van der Waals surface area contributed by atoms with Crippen LogP contribution in [0.25, 0.3) is 11.5 Å². The maximum atomic E-state index is 12.5. The number of carbonyl (C=O) groups is 1. The van der Waals surface area contributed by atoms with Crippen LogP contribution < -0.4 is 10.9 Å². The Bertz CT molecular complexity index is 1020. The van der Waals surface area contributed by atoms with E-state index in [1.807, 2.05) is 13.0 Å². The van der Waals surface area contributed by atoms with Gasteiger partial charge < -0.3 is 9.73 Å². The summed E-state index contributed by atoms with van der Waals surface area (Å²) in [5, 5.41) is 3.41. The number of aromatic nitrogens is 3. The average Bonchev–Trinajstić information content (AvgIpc) is 3.28. The zero-order chi connectivity index (χ0) is 17.4. The van der Waals surface area contributed by atoms with Gasteiger partial charge in [0.1, 0.15) is 11.8 Å². The van der Waals surface area contributed by atoms with Crippen LogP contribution in [0.2, 0.25) is 0 Å². The fourth-order valence-electron chi connectivity index (χ4n) is 2.66. The Hall–Kier alpha value is -2.87. The van der Waals surface area contributed by atoms with Crippen molar-refractivity contribution in [2.45, 2.75) is 18.6 Å². The van der Waals surface area contributed by atoms with Gasteiger partial charge in [-0.2, -0.15) is 0 Å². The summed E-state index contributed by atoms with van der Waals surface area (Å²) in [6, 6.07) is 5.40. The Labute approximate surface area is 148 Å². The van der Waals surface area contributed by atoms with Crippen molar-refractivity contribution >= 4 is 23.4 Å². The topological polar surface area (TPSA) is 90.0 Å². The van der Waals surface area contributed by atoms with Gasteiger partial charge in [0.15, 0.2) is 5.16 Å². The summed E-state index contributed by atoms with van der Waals surface area (Å²) >= 11 is 1.51. The lowest BCUT2D eigenvalue weighted by molar-refractivity contribution is 0.102. The number of carbonyl (C=O) groups excluding carboxylic acids is 1. The number of amides is 1. The third-order valence-corrected chi connectivity index (χ3v) is 4.93. The molecule has 0 radical (unpaired) electrons. The number of benzene rings is 1. The second-order valence-corrected chi connectivity index (χ2v) is 6.64. The molecule has 0 spiro atoms. The van der Waals surface area contributed by atoms with E-state index in [1.54, 1.807) is 18.3 Å². The Morgan fingerprint density at radius 1 is 1.40 bits per heavy atom. The zero-order valence-corrected chi connectivity index (χ0v) is 14.2. The molecule has 8 heteroatoms. The molecular formula is C17H16N4O3S. The Kier molecular flexibility index (Phi) is 3.89. The fourth-order valence-corrected chi connectivity index (χ4v) is 3.57. The molecule has 0 saturated heterocycles. The first-order valence-electron chi connectivity index (χ1n) is 7.68. The molecule has 1 aliphatic heterocycles. The largest absolute Gasteiger partial charge is 0.445 e. The molecule has 3 aromatic rings. The van der Waals surface area contributed by atoms with Gasteiger partial charge in [-0.25, -0.2) is 9.97 Å². The molecule has 1 amide bonds. The van der Waals surface area contributed by atoms with E-state index >= 15 is 0 Å². The number of nitrogens with one attached hydrogen (secondary N) is 1. The minimum Gasteiger partial charge on any atom is -0.445 e. The van der Waals surface area contributed by atoms with Crippen LogP contribution in [-0.2, 0) is 6.54 Å². The van der Waals surface area contributed by atoms with E-state index in [-0.39, 0.29) is 12.5 Å². The third kappa shape index (κ3) is 2.85. The van der Waals surface area contributed by atoms with Crippen LogP contribution in [0.1, 0.15) is 17.3 Å². The molecule has 0 atom stereocenters. The van der Waals surface area contributed by atoms with E-state index in [2.05, 4.69) is 15.3 Å². The molecule has 0 fully saturated rings. The molecule has 1 aliphatic rings. The van der Waals surface area contributed by atoms with E-state index in [0.29, 0.717) is 23.3 Å². The van der Waals surface area contributed by atoms with Gasteiger partial charge in [0.05, 0.1) is 6.20 Å². The summed E-state index contributed by atoms with van der Waals surface area (Å²) in [6.07, 6.45) is 4.40.